The number of anilines is 1. The van der Waals surface area contributed by atoms with Gasteiger partial charge >= 0.3 is 12.2 Å². The number of pyridine rings is 1. The summed E-state index contributed by atoms with van der Waals surface area (Å²) >= 11 is 6.06. The molecule has 1 fully saturated rings. The van der Waals surface area contributed by atoms with Gasteiger partial charge in [-0.2, -0.15) is 13.2 Å². The Labute approximate surface area is 181 Å². The van der Waals surface area contributed by atoms with E-state index in [2.05, 4.69) is 20.3 Å². The lowest BCUT2D eigenvalue weighted by Gasteiger charge is -2.30. The van der Waals surface area contributed by atoms with Crippen LogP contribution >= 0.6 is 11.6 Å². The SMILES string of the molecule is C[C@@H](Nc1nc(Cl)nc2c1CN(C(=O)N1CCOCC1)C2)c1cccc(C(F)(F)F)n1. The first-order chi connectivity index (χ1) is 14.7. The molecule has 2 aromatic heterocycles. The van der Waals surface area contributed by atoms with Gasteiger partial charge in [-0.1, -0.05) is 6.07 Å². The van der Waals surface area contributed by atoms with E-state index in [1.165, 1.54) is 12.1 Å². The maximum Gasteiger partial charge on any atom is 0.433 e. The Morgan fingerprint density at radius 2 is 1.90 bits per heavy atom. The Bertz CT molecular complexity index is 984. The molecule has 0 aliphatic carbocycles. The van der Waals surface area contributed by atoms with E-state index in [1.807, 2.05) is 0 Å². The van der Waals surface area contributed by atoms with Crippen molar-refractivity contribution in [2.24, 2.45) is 0 Å². The molecular weight excluding hydrogens is 437 g/mol. The largest absolute Gasteiger partial charge is 0.433 e. The summed E-state index contributed by atoms with van der Waals surface area (Å²) in [5.74, 6) is 0.374. The van der Waals surface area contributed by atoms with Gasteiger partial charge in [-0.25, -0.2) is 19.7 Å². The third-order valence-electron chi connectivity index (χ3n) is 5.17. The quantitative estimate of drug-likeness (QED) is 0.712. The fourth-order valence-corrected chi connectivity index (χ4v) is 3.75. The Hall–Kier alpha value is -2.66. The van der Waals surface area contributed by atoms with Crippen molar-refractivity contribution in [3.63, 3.8) is 0 Å². The second kappa shape index (κ2) is 8.46. The Morgan fingerprint density at radius 3 is 2.61 bits per heavy atom. The molecule has 31 heavy (non-hydrogen) atoms. The topological polar surface area (TPSA) is 83.5 Å². The average Bonchev–Trinajstić information content (AvgIpc) is 3.17. The molecule has 0 aromatic carbocycles. The monoisotopic (exact) mass is 456 g/mol. The van der Waals surface area contributed by atoms with Gasteiger partial charge < -0.3 is 19.9 Å². The zero-order valence-corrected chi connectivity index (χ0v) is 17.4. The molecule has 166 valence electrons. The normalized spacial score (nSPS) is 17.5. The van der Waals surface area contributed by atoms with Crippen LogP contribution in [-0.4, -0.2) is 57.1 Å². The van der Waals surface area contributed by atoms with Gasteiger partial charge in [-0.15, -0.1) is 0 Å². The van der Waals surface area contributed by atoms with Crippen LogP contribution in [0.25, 0.3) is 0 Å². The summed E-state index contributed by atoms with van der Waals surface area (Å²) in [6.45, 7) is 4.24. The molecule has 0 saturated carbocycles. The van der Waals surface area contributed by atoms with Crippen LogP contribution in [-0.2, 0) is 24.0 Å². The summed E-state index contributed by atoms with van der Waals surface area (Å²) in [4.78, 5) is 28.3. The molecule has 2 aromatic rings. The highest BCUT2D eigenvalue weighted by Gasteiger charge is 2.34. The summed E-state index contributed by atoms with van der Waals surface area (Å²) in [6.07, 6.45) is -4.53. The molecule has 2 aliphatic rings. The van der Waals surface area contributed by atoms with Crippen LogP contribution in [0.1, 0.15) is 35.6 Å². The average molecular weight is 457 g/mol. The molecule has 4 rings (SSSR count). The van der Waals surface area contributed by atoms with Crippen LogP contribution < -0.4 is 5.32 Å². The van der Waals surface area contributed by atoms with Crippen molar-refractivity contribution in [1.29, 1.82) is 0 Å². The minimum absolute atomic E-state index is 0.00822. The number of carbonyl (C=O) groups is 1. The van der Waals surface area contributed by atoms with E-state index < -0.39 is 17.9 Å². The lowest BCUT2D eigenvalue weighted by Crippen LogP contribution is -2.46. The van der Waals surface area contributed by atoms with Gasteiger partial charge in [0, 0.05) is 18.7 Å². The fourth-order valence-electron chi connectivity index (χ4n) is 3.56. The molecule has 1 atom stereocenters. The molecule has 0 unspecified atom stereocenters. The molecule has 8 nitrogen and oxygen atoms in total. The zero-order chi connectivity index (χ0) is 22.2. The van der Waals surface area contributed by atoms with E-state index in [0.29, 0.717) is 43.4 Å². The molecule has 0 radical (unpaired) electrons. The number of aromatic nitrogens is 3. The second-order valence-electron chi connectivity index (χ2n) is 7.32. The first-order valence-corrected chi connectivity index (χ1v) is 10.1. The van der Waals surface area contributed by atoms with Crippen molar-refractivity contribution in [2.75, 3.05) is 31.6 Å². The third kappa shape index (κ3) is 4.67. The standard InChI is InChI=1S/C19H20ClF3N6O2/c1-11(13-3-2-4-15(25-13)19(21,22)23)24-16-12-9-29(10-14(12)26-17(20)27-16)18(30)28-5-7-31-8-6-28/h2-4,11H,5-10H2,1H3,(H,24,26,27)/t11-/m1/s1. The number of hydrogen-bond donors (Lipinski definition) is 1. The highest BCUT2D eigenvalue weighted by Crippen LogP contribution is 2.32. The van der Waals surface area contributed by atoms with Crippen molar-refractivity contribution in [1.82, 2.24) is 24.8 Å². The number of carbonyl (C=O) groups excluding carboxylic acids is 1. The second-order valence-corrected chi connectivity index (χ2v) is 7.65. The summed E-state index contributed by atoms with van der Waals surface area (Å²) in [5.41, 5.74) is 0.530. The van der Waals surface area contributed by atoms with Gasteiger partial charge in [-0.05, 0) is 30.7 Å². The summed E-state index contributed by atoms with van der Waals surface area (Å²) in [7, 11) is 0. The van der Waals surface area contributed by atoms with Crippen molar-refractivity contribution >= 4 is 23.4 Å². The van der Waals surface area contributed by atoms with Crippen molar-refractivity contribution in [3.8, 4) is 0 Å². The van der Waals surface area contributed by atoms with Crippen LogP contribution in [0.15, 0.2) is 18.2 Å². The molecular formula is C19H20ClF3N6O2. The van der Waals surface area contributed by atoms with Gasteiger partial charge in [0.1, 0.15) is 11.5 Å². The summed E-state index contributed by atoms with van der Waals surface area (Å²) < 4.78 is 44.3. The minimum Gasteiger partial charge on any atom is -0.378 e. The van der Waals surface area contributed by atoms with Crippen LogP contribution in [0.5, 0.6) is 0 Å². The van der Waals surface area contributed by atoms with Crippen LogP contribution in [0.4, 0.5) is 23.8 Å². The number of hydrogen-bond acceptors (Lipinski definition) is 6. The highest BCUT2D eigenvalue weighted by molar-refractivity contribution is 6.28. The van der Waals surface area contributed by atoms with E-state index in [1.54, 1.807) is 16.7 Å². The number of rotatable bonds is 3. The number of halogens is 4. The third-order valence-corrected chi connectivity index (χ3v) is 5.33. The number of ether oxygens (including phenoxy) is 1. The van der Waals surface area contributed by atoms with Crippen molar-refractivity contribution in [3.05, 3.63) is 46.1 Å². The molecule has 0 bridgehead atoms. The van der Waals surface area contributed by atoms with Crippen LogP contribution in [0, 0.1) is 0 Å². The molecule has 2 aliphatic heterocycles. The maximum absolute atomic E-state index is 13.0. The number of urea groups is 1. The highest BCUT2D eigenvalue weighted by atomic mass is 35.5. The van der Waals surface area contributed by atoms with Gasteiger partial charge in [-0.3, -0.25) is 0 Å². The Kier molecular flexibility index (Phi) is 5.89. The smallest absolute Gasteiger partial charge is 0.378 e. The van der Waals surface area contributed by atoms with E-state index >= 15 is 0 Å². The maximum atomic E-state index is 13.0. The van der Waals surface area contributed by atoms with E-state index in [0.717, 1.165) is 6.07 Å². The van der Waals surface area contributed by atoms with E-state index in [4.69, 9.17) is 16.3 Å². The Balaban J connectivity index is 1.53. The zero-order valence-electron chi connectivity index (χ0n) is 16.6. The summed E-state index contributed by atoms with van der Waals surface area (Å²) in [6, 6.07) is 3.02. The van der Waals surface area contributed by atoms with E-state index in [9.17, 15) is 18.0 Å². The van der Waals surface area contributed by atoms with Crippen molar-refractivity contribution in [2.45, 2.75) is 32.2 Å². The molecule has 4 heterocycles. The molecule has 12 heteroatoms. The number of amides is 2. The lowest BCUT2D eigenvalue weighted by atomic mass is 10.1. The van der Waals surface area contributed by atoms with Gasteiger partial charge in [0.05, 0.1) is 43.7 Å². The predicted octanol–water partition coefficient (Wildman–Crippen LogP) is 3.48. The minimum atomic E-state index is -4.53. The summed E-state index contributed by atoms with van der Waals surface area (Å²) in [5, 5.41) is 3.07. The predicted molar refractivity (Wildman–Crippen MR) is 105 cm³/mol. The van der Waals surface area contributed by atoms with Crippen LogP contribution in [0.3, 0.4) is 0 Å². The first kappa shape index (κ1) is 21.6. The van der Waals surface area contributed by atoms with Crippen LogP contribution in [0.2, 0.25) is 5.28 Å². The Morgan fingerprint density at radius 1 is 1.16 bits per heavy atom. The van der Waals surface area contributed by atoms with Gasteiger partial charge in [0.2, 0.25) is 5.28 Å². The molecule has 1 saturated heterocycles. The van der Waals surface area contributed by atoms with E-state index in [-0.39, 0.29) is 30.1 Å². The number of nitrogens with one attached hydrogen (secondary N) is 1. The fraction of sp³-hybridized carbons (Fsp3) is 0.474. The number of alkyl halides is 3. The lowest BCUT2D eigenvalue weighted by molar-refractivity contribution is -0.141. The number of morpholine rings is 1. The number of nitrogens with zero attached hydrogens (tertiary/aromatic N) is 5. The number of fused-ring (bicyclic) bond motifs is 1. The van der Waals surface area contributed by atoms with Gasteiger partial charge in [0.15, 0.2) is 0 Å². The van der Waals surface area contributed by atoms with Gasteiger partial charge in [0.25, 0.3) is 0 Å². The first-order valence-electron chi connectivity index (χ1n) is 9.70. The van der Waals surface area contributed by atoms with Crippen molar-refractivity contribution < 1.29 is 22.7 Å². The molecule has 1 N–H and O–H groups in total. The molecule has 2 amide bonds. The molecule has 0 spiro atoms.